The van der Waals surface area contributed by atoms with Crippen LogP contribution in [0.3, 0.4) is 0 Å². The van der Waals surface area contributed by atoms with E-state index in [1.807, 2.05) is 5.38 Å². The number of ketones is 1. The highest BCUT2D eigenvalue weighted by Crippen LogP contribution is 2.09. The van der Waals surface area contributed by atoms with Gasteiger partial charge < -0.3 is 5.73 Å². The molecule has 4 heteroatoms. The minimum Gasteiger partial charge on any atom is -0.370 e. The fraction of sp³-hybridized carbons (Fsp3) is 0.250. The molecule has 1 heterocycles. The first-order chi connectivity index (χ1) is 5.70. The topological polar surface area (TPSA) is 60.2 Å². The molecule has 1 aromatic rings. The van der Waals surface area contributed by atoms with Gasteiger partial charge in [-0.1, -0.05) is 0 Å². The van der Waals surface area contributed by atoms with Crippen molar-refractivity contribution in [2.75, 3.05) is 0 Å². The molecule has 64 valence electrons. The average molecular weight is 183 g/mol. The van der Waals surface area contributed by atoms with Crippen molar-refractivity contribution in [3.63, 3.8) is 0 Å². The van der Waals surface area contributed by atoms with Crippen LogP contribution in [0.2, 0.25) is 0 Å². The summed E-state index contributed by atoms with van der Waals surface area (Å²) in [7, 11) is 0. The lowest BCUT2D eigenvalue weighted by Crippen LogP contribution is -2.12. The van der Waals surface area contributed by atoms with Gasteiger partial charge in [0.15, 0.2) is 5.78 Å². The Labute approximate surface area is 74.2 Å². The molecular formula is C8H9NO2S. The Bertz CT molecular complexity index is 279. The standard InChI is InChI=1S/C8H9NO2S/c9-8(11)2-1-7(10)6-3-4-12-5-6/h3-5H,1-2H2,(H2,9,11). The lowest BCUT2D eigenvalue weighted by molar-refractivity contribution is -0.117. The van der Waals surface area contributed by atoms with Gasteiger partial charge in [-0.05, 0) is 11.4 Å². The predicted molar refractivity (Wildman–Crippen MR) is 47.1 cm³/mol. The van der Waals surface area contributed by atoms with Gasteiger partial charge in [0.1, 0.15) is 0 Å². The number of hydrogen-bond donors (Lipinski definition) is 1. The monoisotopic (exact) mass is 183 g/mol. The predicted octanol–water partition coefficient (Wildman–Crippen LogP) is 1.20. The van der Waals surface area contributed by atoms with E-state index in [1.54, 1.807) is 11.4 Å². The molecule has 2 N–H and O–H groups in total. The van der Waals surface area contributed by atoms with Crippen LogP contribution < -0.4 is 5.73 Å². The van der Waals surface area contributed by atoms with Gasteiger partial charge in [-0.3, -0.25) is 9.59 Å². The largest absolute Gasteiger partial charge is 0.370 e. The Kier molecular flexibility index (Phi) is 2.99. The summed E-state index contributed by atoms with van der Waals surface area (Å²) < 4.78 is 0. The van der Waals surface area contributed by atoms with E-state index in [-0.39, 0.29) is 18.6 Å². The normalized spacial score (nSPS) is 9.67. The van der Waals surface area contributed by atoms with Crippen LogP contribution in [0.25, 0.3) is 0 Å². The van der Waals surface area contributed by atoms with Gasteiger partial charge in [-0.2, -0.15) is 11.3 Å². The van der Waals surface area contributed by atoms with Crippen LogP contribution in [0.5, 0.6) is 0 Å². The Morgan fingerprint density at radius 1 is 1.42 bits per heavy atom. The quantitative estimate of drug-likeness (QED) is 0.713. The van der Waals surface area contributed by atoms with Crippen molar-refractivity contribution < 1.29 is 9.59 Å². The van der Waals surface area contributed by atoms with Crippen molar-refractivity contribution in [1.29, 1.82) is 0 Å². The maximum absolute atomic E-state index is 11.2. The zero-order chi connectivity index (χ0) is 8.97. The van der Waals surface area contributed by atoms with Crippen LogP contribution in [-0.4, -0.2) is 11.7 Å². The SMILES string of the molecule is NC(=O)CCC(=O)c1ccsc1. The number of thiophene rings is 1. The molecule has 0 atom stereocenters. The van der Waals surface area contributed by atoms with Crippen molar-refractivity contribution >= 4 is 23.0 Å². The van der Waals surface area contributed by atoms with E-state index in [4.69, 9.17) is 5.73 Å². The highest BCUT2D eigenvalue weighted by molar-refractivity contribution is 7.08. The van der Waals surface area contributed by atoms with E-state index in [0.717, 1.165) is 0 Å². The van der Waals surface area contributed by atoms with Crippen molar-refractivity contribution in [1.82, 2.24) is 0 Å². The van der Waals surface area contributed by atoms with Crippen LogP contribution in [0.1, 0.15) is 23.2 Å². The number of primary amides is 1. The summed E-state index contributed by atoms with van der Waals surface area (Å²) in [5, 5.41) is 3.60. The van der Waals surface area contributed by atoms with E-state index in [2.05, 4.69) is 0 Å². The Hall–Kier alpha value is -1.16. The number of hydrogen-bond acceptors (Lipinski definition) is 3. The smallest absolute Gasteiger partial charge is 0.217 e. The second kappa shape index (κ2) is 4.01. The summed E-state index contributed by atoms with van der Waals surface area (Å²) in [4.78, 5) is 21.6. The summed E-state index contributed by atoms with van der Waals surface area (Å²) in [5.41, 5.74) is 5.57. The van der Waals surface area contributed by atoms with Crippen LogP contribution in [-0.2, 0) is 4.79 Å². The fourth-order valence-electron chi connectivity index (χ4n) is 0.804. The number of rotatable bonds is 4. The van der Waals surface area contributed by atoms with Gasteiger partial charge >= 0.3 is 0 Å². The van der Waals surface area contributed by atoms with Gasteiger partial charge in [-0.15, -0.1) is 0 Å². The Morgan fingerprint density at radius 3 is 2.67 bits per heavy atom. The van der Waals surface area contributed by atoms with Crippen LogP contribution in [0.15, 0.2) is 16.8 Å². The second-order valence-corrected chi connectivity index (χ2v) is 3.18. The van der Waals surface area contributed by atoms with Crippen LogP contribution in [0, 0.1) is 0 Å². The van der Waals surface area contributed by atoms with Crippen LogP contribution in [0.4, 0.5) is 0 Å². The first-order valence-corrected chi connectivity index (χ1v) is 4.48. The molecule has 0 spiro atoms. The maximum atomic E-state index is 11.2. The van der Waals surface area contributed by atoms with E-state index in [0.29, 0.717) is 5.56 Å². The van der Waals surface area contributed by atoms with Gasteiger partial charge in [0.05, 0.1) is 0 Å². The molecule has 12 heavy (non-hydrogen) atoms. The number of carbonyl (C=O) groups is 2. The first-order valence-electron chi connectivity index (χ1n) is 3.54. The lowest BCUT2D eigenvalue weighted by Gasteiger charge is -1.93. The molecule has 0 aliphatic heterocycles. The molecule has 0 bridgehead atoms. The van der Waals surface area contributed by atoms with Crippen molar-refractivity contribution in [3.8, 4) is 0 Å². The second-order valence-electron chi connectivity index (χ2n) is 2.40. The average Bonchev–Trinajstić information content (AvgIpc) is 2.51. The number of nitrogens with two attached hydrogens (primary N) is 1. The third kappa shape index (κ3) is 2.47. The summed E-state index contributed by atoms with van der Waals surface area (Å²) in [5.74, 6) is -0.450. The fourth-order valence-corrected chi connectivity index (χ4v) is 1.46. The Morgan fingerprint density at radius 2 is 2.17 bits per heavy atom. The molecule has 0 saturated carbocycles. The van der Waals surface area contributed by atoms with E-state index < -0.39 is 5.91 Å². The van der Waals surface area contributed by atoms with Crippen molar-refractivity contribution in [3.05, 3.63) is 22.4 Å². The van der Waals surface area contributed by atoms with E-state index >= 15 is 0 Å². The summed E-state index contributed by atoms with van der Waals surface area (Å²) >= 11 is 1.47. The molecule has 0 fully saturated rings. The molecule has 1 aromatic heterocycles. The Balaban J connectivity index is 2.45. The molecule has 1 rings (SSSR count). The molecule has 0 aliphatic rings. The summed E-state index contributed by atoms with van der Waals surface area (Å²) in [6.07, 6.45) is 0.348. The molecule has 0 unspecified atom stereocenters. The summed E-state index contributed by atoms with van der Waals surface area (Å²) in [6, 6.07) is 1.74. The third-order valence-corrected chi connectivity index (χ3v) is 2.12. The highest BCUT2D eigenvalue weighted by Gasteiger charge is 2.06. The third-order valence-electron chi connectivity index (χ3n) is 1.44. The van der Waals surface area contributed by atoms with E-state index in [9.17, 15) is 9.59 Å². The number of Topliss-reactive ketones (excluding diaryl/α,β-unsaturated/α-hetero) is 1. The number of carbonyl (C=O) groups excluding carboxylic acids is 2. The first kappa shape index (κ1) is 8.93. The lowest BCUT2D eigenvalue weighted by atomic mass is 10.1. The zero-order valence-corrected chi connectivity index (χ0v) is 7.26. The number of amides is 1. The van der Waals surface area contributed by atoms with Crippen molar-refractivity contribution in [2.24, 2.45) is 5.73 Å². The minimum absolute atomic E-state index is 0.0185. The van der Waals surface area contributed by atoms with Gasteiger partial charge in [0.25, 0.3) is 0 Å². The molecule has 0 aromatic carbocycles. The van der Waals surface area contributed by atoms with Crippen LogP contribution >= 0.6 is 11.3 Å². The van der Waals surface area contributed by atoms with Crippen molar-refractivity contribution in [2.45, 2.75) is 12.8 Å². The molecule has 0 saturated heterocycles. The summed E-state index contributed by atoms with van der Waals surface area (Å²) in [6.45, 7) is 0. The van der Waals surface area contributed by atoms with E-state index in [1.165, 1.54) is 11.3 Å². The molecule has 0 radical (unpaired) electrons. The van der Waals surface area contributed by atoms with Gasteiger partial charge in [0.2, 0.25) is 5.91 Å². The zero-order valence-electron chi connectivity index (χ0n) is 6.45. The molecule has 3 nitrogen and oxygen atoms in total. The molecule has 0 aliphatic carbocycles. The molecular weight excluding hydrogens is 174 g/mol. The highest BCUT2D eigenvalue weighted by atomic mass is 32.1. The van der Waals surface area contributed by atoms with Gasteiger partial charge in [-0.25, -0.2) is 0 Å². The van der Waals surface area contributed by atoms with Gasteiger partial charge in [0, 0.05) is 23.8 Å². The molecule has 1 amide bonds. The maximum Gasteiger partial charge on any atom is 0.217 e. The minimum atomic E-state index is -0.432.